The summed E-state index contributed by atoms with van der Waals surface area (Å²) in [5.74, 6) is 0.538. The van der Waals surface area contributed by atoms with E-state index in [0.29, 0.717) is 11.4 Å². The first-order valence-electron chi connectivity index (χ1n) is 7.44. The van der Waals surface area contributed by atoms with Gasteiger partial charge < -0.3 is 15.5 Å². The van der Waals surface area contributed by atoms with Gasteiger partial charge >= 0.3 is 0 Å². The number of pyridine rings is 1. The van der Waals surface area contributed by atoms with Gasteiger partial charge in [0.1, 0.15) is 5.82 Å². The minimum Gasteiger partial charge on any atom is -0.366 e. The van der Waals surface area contributed by atoms with Crippen LogP contribution in [0.2, 0.25) is 0 Å². The molecule has 0 spiro atoms. The van der Waals surface area contributed by atoms with Crippen molar-refractivity contribution in [2.45, 2.75) is 13.0 Å². The third-order valence-electron chi connectivity index (χ3n) is 3.79. The Kier molecular flexibility index (Phi) is 5.52. The Morgan fingerprint density at radius 1 is 1.38 bits per heavy atom. The summed E-state index contributed by atoms with van der Waals surface area (Å²) in [6.45, 7) is 7.48. The molecule has 1 unspecified atom stereocenters. The van der Waals surface area contributed by atoms with E-state index >= 15 is 0 Å². The number of carbonyl (C=O) groups is 1. The van der Waals surface area contributed by atoms with Crippen molar-refractivity contribution < 1.29 is 4.79 Å². The Labute approximate surface area is 126 Å². The first kappa shape index (κ1) is 15.7. The van der Waals surface area contributed by atoms with Crippen molar-refractivity contribution in [3.8, 4) is 0 Å². The van der Waals surface area contributed by atoms with E-state index in [-0.39, 0.29) is 11.9 Å². The third kappa shape index (κ3) is 4.41. The molecule has 0 radical (unpaired) electrons. The molecule has 6 heteroatoms. The van der Waals surface area contributed by atoms with Crippen LogP contribution in [0.1, 0.15) is 17.3 Å². The maximum atomic E-state index is 11.8. The van der Waals surface area contributed by atoms with Crippen molar-refractivity contribution >= 4 is 11.7 Å². The van der Waals surface area contributed by atoms with E-state index in [1.54, 1.807) is 25.4 Å². The van der Waals surface area contributed by atoms with Crippen molar-refractivity contribution in [2.75, 3.05) is 52.1 Å². The van der Waals surface area contributed by atoms with E-state index in [2.05, 4.69) is 39.4 Å². The van der Waals surface area contributed by atoms with Gasteiger partial charge in [-0.15, -0.1) is 0 Å². The number of nitrogens with zero attached hydrogens (tertiary/aromatic N) is 3. The number of amides is 1. The minimum atomic E-state index is -0.114. The summed E-state index contributed by atoms with van der Waals surface area (Å²) in [4.78, 5) is 20.9. The monoisotopic (exact) mass is 291 g/mol. The number of rotatable bonds is 5. The highest BCUT2D eigenvalue weighted by atomic mass is 16.1. The fourth-order valence-corrected chi connectivity index (χ4v) is 2.53. The van der Waals surface area contributed by atoms with Gasteiger partial charge in [0, 0.05) is 52.0 Å². The largest absolute Gasteiger partial charge is 0.366 e. The van der Waals surface area contributed by atoms with Gasteiger partial charge in [0.25, 0.3) is 5.91 Å². The number of carbonyl (C=O) groups excluding carboxylic acids is 1. The first-order valence-corrected chi connectivity index (χ1v) is 7.44. The molecular weight excluding hydrogens is 266 g/mol. The highest BCUT2D eigenvalue weighted by Crippen LogP contribution is 2.13. The van der Waals surface area contributed by atoms with E-state index in [9.17, 15) is 4.79 Å². The molecule has 116 valence electrons. The molecule has 1 saturated heterocycles. The van der Waals surface area contributed by atoms with Crippen LogP contribution >= 0.6 is 0 Å². The van der Waals surface area contributed by atoms with Crippen LogP contribution in [0, 0.1) is 0 Å². The molecular formula is C15H25N5O. The fourth-order valence-electron chi connectivity index (χ4n) is 2.53. The molecule has 1 aromatic rings. The lowest BCUT2D eigenvalue weighted by Crippen LogP contribution is -2.47. The molecule has 2 N–H and O–H groups in total. The fraction of sp³-hybridized carbons (Fsp3) is 0.600. The van der Waals surface area contributed by atoms with E-state index in [1.807, 2.05) is 0 Å². The highest BCUT2D eigenvalue weighted by molar-refractivity contribution is 5.98. The van der Waals surface area contributed by atoms with Gasteiger partial charge in [-0.3, -0.25) is 9.69 Å². The summed E-state index contributed by atoms with van der Waals surface area (Å²) in [7, 11) is 3.79. The molecule has 2 rings (SSSR count). The second-order valence-electron chi connectivity index (χ2n) is 5.63. The van der Waals surface area contributed by atoms with Gasteiger partial charge in [0.2, 0.25) is 0 Å². The predicted octanol–water partition coefficient (Wildman–Crippen LogP) is 0.489. The van der Waals surface area contributed by atoms with E-state index in [0.717, 1.165) is 32.7 Å². The molecule has 0 aromatic carbocycles. The average molecular weight is 291 g/mol. The first-order chi connectivity index (χ1) is 10.1. The number of likely N-dealkylation sites (N-methyl/N-ethyl adjacent to an activating group) is 1. The molecule has 0 saturated carbocycles. The molecule has 2 heterocycles. The summed E-state index contributed by atoms with van der Waals surface area (Å²) in [5, 5.41) is 6.00. The maximum absolute atomic E-state index is 11.8. The van der Waals surface area contributed by atoms with Crippen LogP contribution in [0.3, 0.4) is 0 Å². The third-order valence-corrected chi connectivity index (χ3v) is 3.79. The Bertz CT molecular complexity index is 471. The Morgan fingerprint density at radius 2 is 2.10 bits per heavy atom. The van der Waals surface area contributed by atoms with Gasteiger partial charge in [-0.2, -0.15) is 0 Å². The zero-order chi connectivity index (χ0) is 15.2. The van der Waals surface area contributed by atoms with Gasteiger partial charge in [-0.05, 0) is 26.1 Å². The van der Waals surface area contributed by atoms with E-state index in [1.165, 1.54) is 0 Å². The Hall–Kier alpha value is -1.66. The van der Waals surface area contributed by atoms with Crippen LogP contribution in [0.25, 0.3) is 0 Å². The van der Waals surface area contributed by atoms with E-state index < -0.39 is 0 Å². The molecule has 1 amide bonds. The van der Waals surface area contributed by atoms with E-state index in [4.69, 9.17) is 0 Å². The van der Waals surface area contributed by atoms with Crippen LogP contribution in [-0.2, 0) is 0 Å². The SMILES string of the molecule is CNC(=O)c1cccnc1NC(C)CN1CCN(C)CC1. The van der Waals surface area contributed by atoms with Crippen LogP contribution in [0.5, 0.6) is 0 Å². The topological polar surface area (TPSA) is 60.5 Å². The number of anilines is 1. The van der Waals surface area contributed by atoms with Crippen LogP contribution in [0.15, 0.2) is 18.3 Å². The summed E-state index contributed by atoms with van der Waals surface area (Å²) in [5.41, 5.74) is 0.588. The number of aromatic nitrogens is 1. The quantitative estimate of drug-likeness (QED) is 0.827. The number of nitrogens with one attached hydrogen (secondary N) is 2. The van der Waals surface area contributed by atoms with Crippen molar-refractivity contribution in [3.63, 3.8) is 0 Å². The molecule has 0 bridgehead atoms. The van der Waals surface area contributed by atoms with Crippen molar-refractivity contribution in [3.05, 3.63) is 23.9 Å². The lowest BCUT2D eigenvalue weighted by atomic mass is 10.2. The summed E-state index contributed by atoms with van der Waals surface area (Å²) < 4.78 is 0. The maximum Gasteiger partial charge on any atom is 0.254 e. The van der Waals surface area contributed by atoms with Crippen LogP contribution in [0.4, 0.5) is 5.82 Å². The molecule has 1 aliphatic heterocycles. The molecule has 0 aliphatic carbocycles. The highest BCUT2D eigenvalue weighted by Gasteiger charge is 2.18. The molecule has 1 aromatic heterocycles. The molecule has 1 atom stereocenters. The second-order valence-corrected chi connectivity index (χ2v) is 5.63. The second kappa shape index (κ2) is 7.38. The number of hydrogen-bond donors (Lipinski definition) is 2. The molecule has 1 fully saturated rings. The average Bonchev–Trinajstić information content (AvgIpc) is 2.49. The smallest absolute Gasteiger partial charge is 0.254 e. The van der Waals surface area contributed by atoms with Crippen LogP contribution < -0.4 is 10.6 Å². The Balaban J connectivity index is 1.93. The summed E-state index contributed by atoms with van der Waals surface area (Å²) in [6, 6.07) is 3.81. The molecule has 1 aliphatic rings. The van der Waals surface area contributed by atoms with Crippen molar-refractivity contribution in [1.29, 1.82) is 0 Å². The lowest BCUT2D eigenvalue weighted by Gasteiger charge is -2.34. The van der Waals surface area contributed by atoms with Crippen LogP contribution in [-0.4, -0.2) is 73.6 Å². The normalized spacial score (nSPS) is 18.2. The zero-order valence-electron chi connectivity index (χ0n) is 13.1. The standard InChI is InChI=1S/C15H25N5O/c1-12(11-20-9-7-19(3)8-10-20)18-14-13(15(21)16-2)5-4-6-17-14/h4-6,12H,7-11H2,1-3H3,(H,16,21)(H,17,18). The van der Waals surface area contributed by atoms with Gasteiger partial charge in [-0.25, -0.2) is 4.98 Å². The zero-order valence-corrected chi connectivity index (χ0v) is 13.1. The number of hydrogen-bond acceptors (Lipinski definition) is 5. The minimum absolute atomic E-state index is 0.114. The Morgan fingerprint density at radius 3 is 2.76 bits per heavy atom. The molecule has 6 nitrogen and oxygen atoms in total. The van der Waals surface area contributed by atoms with Crippen molar-refractivity contribution in [2.24, 2.45) is 0 Å². The van der Waals surface area contributed by atoms with Crippen molar-refractivity contribution in [1.82, 2.24) is 20.1 Å². The summed E-state index contributed by atoms with van der Waals surface area (Å²) in [6.07, 6.45) is 1.71. The number of piperazine rings is 1. The van der Waals surface area contributed by atoms with Gasteiger partial charge in [0.15, 0.2) is 0 Å². The molecule has 21 heavy (non-hydrogen) atoms. The lowest BCUT2D eigenvalue weighted by molar-refractivity contribution is 0.0963. The summed E-state index contributed by atoms with van der Waals surface area (Å²) >= 11 is 0. The predicted molar refractivity (Wildman–Crippen MR) is 84.6 cm³/mol. The van der Waals surface area contributed by atoms with Gasteiger partial charge in [0.05, 0.1) is 5.56 Å². The van der Waals surface area contributed by atoms with Gasteiger partial charge in [-0.1, -0.05) is 0 Å².